The Labute approximate surface area is 165 Å². The number of carbonyl (C=O) groups excluding carboxylic acids is 1. The molecule has 140 valence electrons. The second-order valence-electron chi connectivity index (χ2n) is 5.81. The van der Waals surface area contributed by atoms with Gasteiger partial charge in [0.15, 0.2) is 0 Å². The van der Waals surface area contributed by atoms with Crippen LogP contribution in [-0.4, -0.2) is 34.8 Å². The van der Waals surface area contributed by atoms with Gasteiger partial charge in [0, 0.05) is 42.8 Å². The summed E-state index contributed by atoms with van der Waals surface area (Å²) in [6.45, 7) is 0. The average molecular weight is 431 g/mol. The van der Waals surface area contributed by atoms with Crippen molar-refractivity contribution in [3.63, 3.8) is 0 Å². The van der Waals surface area contributed by atoms with E-state index in [1.807, 2.05) is 24.3 Å². The van der Waals surface area contributed by atoms with Crippen molar-refractivity contribution < 1.29 is 14.3 Å². The fraction of sp³-hybridized carbons (Fsp3) is 0.211. The molecule has 0 aliphatic carbocycles. The fourth-order valence-electron chi connectivity index (χ4n) is 2.63. The SMILES string of the molecule is COc1cccc(NC(C(=O)c2nn(C)cc2Br)c2ccc(OC)nc2)c1. The molecule has 0 bridgehead atoms. The number of aromatic nitrogens is 3. The molecule has 3 rings (SSSR count). The van der Waals surface area contributed by atoms with Gasteiger partial charge in [-0.3, -0.25) is 9.48 Å². The molecule has 1 aromatic carbocycles. The van der Waals surface area contributed by atoms with Crippen LogP contribution in [0.5, 0.6) is 11.6 Å². The number of pyridine rings is 1. The average Bonchev–Trinajstić information content (AvgIpc) is 3.04. The van der Waals surface area contributed by atoms with Crippen molar-refractivity contribution in [1.29, 1.82) is 0 Å². The molecule has 1 atom stereocenters. The van der Waals surface area contributed by atoms with Crippen molar-refractivity contribution in [3.05, 3.63) is 64.5 Å². The van der Waals surface area contributed by atoms with Crippen molar-refractivity contribution in [2.24, 2.45) is 7.05 Å². The van der Waals surface area contributed by atoms with E-state index in [0.29, 0.717) is 27.4 Å². The third-order valence-corrected chi connectivity index (χ3v) is 4.54. The standard InChI is InChI=1S/C19H19BrN4O3/c1-24-11-15(20)18(23-24)19(25)17(12-7-8-16(27-3)21-10-12)22-13-5-4-6-14(9-13)26-2/h4-11,17,22H,1-3H3. The molecule has 0 saturated carbocycles. The summed E-state index contributed by atoms with van der Waals surface area (Å²) >= 11 is 3.40. The van der Waals surface area contributed by atoms with Crippen molar-refractivity contribution in [3.8, 4) is 11.6 Å². The van der Waals surface area contributed by atoms with Crippen molar-refractivity contribution in [2.45, 2.75) is 6.04 Å². The van der Waals surface area contributed by atoms with E-state index in [2.05, 4.69) is 31.3 Å². The van der Waals surface area contributed by atoms with Crippen molar-refractivity contribution in [1.82, 2.24) is 14.8 Å². The smallest absolute Gasteiger partial charge is 0.212 e. The molecule has 1 N–H and O–H groups in total. The number of hydrogen-bond donors (Lipinski definition) is 1. The van der Waals surface area contributed by atoms with E-state index >= 15 is 0 Å². The first kappa shape index (κ1) is 18.9. The Hall–Kier alpha value is -2.87. The lowest BCUT2D eigenvalue weighted by molar-refractivity contribution is 0.0963. The van der Waals surface area contributed by atoms with Crippen LogP contribution in [0, 0.1) is 0 Å². The number of rotatable bonds is 7. The number of ketones is 1. The summed E-state index contributed by atoms with van der Waals surface area (Å²) in [6, 6.07) is 10.2. The quantitative estimate of drug-likeness (QED) is 0.576. The number of nitrogens with one attached hydrogen (secondary N) is 1. The summed E-state index contributed by atoms with van der Waals surface area (Å²) in [6.07, 6.45) is 3.35. The molecule has 2 heterocycles. The lowest BCUT2D eigenvalue weighted by atomic mass is 10.0. The van der Waals surface area contributed by atoms with Gasteiger partial charge in [0.2, 0.25) is 11.7 Å². The van der Waals surface area contributed by atoms with Gasteiger partial charge in [-0.05, 0) is 34.1 Å². The van der Waals surface area contributed by atoms with Gasteiger partial charge >= 0.3 is 0 Å². The highest BCUT2D eigenvalue weighted by molar-refractivity contribution is 9.10. The number of methoxy groups -OCH3 is 2. The van der Waals surface area contributed by atoms with Gasteiger partial charge in [0.1, 0.15) is 17.5 Å². The lowest BCUT2D eigenvalue weighted by Gasteiger charge is -2.19. The van der Waals surface area contributed by atoms with Crippen molar-refractivity contribution in [2.75, 3.05) is 19.5 Å². The summed E-state index contributed by atoms with van der Waals surface area (Å²) in [5.41, 5.74) is 1.78. The number of halogens is 1. The molecule has 0 aliphatic heterocycles. The molecule has 0 amide bonds. The number of hydrogen-bond acceptors (Lipinski definition) is 6. The first-order valence-electron chi connectivity index (χ1n) is 8.15. The van der Waals surface area contributed by atoms with Gasteiger partial charge < -0.3 is 14.8 Å². The highest BCUT2D eigenvalue weighted by atomic mass is 79.9. The first-order valence-corrected chi connectivity index (χ1v) is 8.95. The summed E-state index contributed by atoms with van der Waals surface area (Å²) in [7, 11) is 4.91. The summed E-state index contributed by atoms with van der Waals surface area (Å²) in [5.74, 6) is 0.987. The Morgan fingerprint density at radius 2 is 2.04 bits per heavy atom. The van der Waals surface area contributed by atoms with Gasteiger partial charge in [-0.1, -0.05) is 6.07 Å². The minimum Gasteiger partial charge on any atom is -0.497 e. The molecule has 3 aromatic rings. The molecule has 8 heteroatoms. The van der Waals surface area contributed by atoms with Crippen LogP contribution in [-0.2, 0) is 7.05 Å². The van der Waals surface area contributed by atoms with E-state index in [-0.39, 0.29) is 5.78 Å². The maximum Gasteiger partial charge on any atom is 0.212 e. The zero-order valence-corrected chi connectivity index (χ0v) is 16.7. The molecule has 0 spiro atoms. The predicted molar refractivity (Wildman–Crippen MR) is 105 cm³/mol. The van der Waals surface area contributed by atoms with Gasteiger partial charge in [-0.25, -0.2) is 4.98 Å². The minimum atomic E-state index is -0.679. The number of benzene rings is 1. The molecular weight excluding hydrogens is 412 g/mol. The van der Waals surface area contributed by atoms with Crippen LogP contribution in [0.1, 0.15) is 22.1 Å². The van der Waals surface area contributed by atoms with Crippen molar-refractivity contribution >= 4 is 27.4 Å². The Morgan fingerprint density at radius 1 is 1.22 bits per heavy atom. The molecule has 7 nitrogen and oxygen atoms in total. The highest BCUT2D eigenvalue weighted by Gasteiger charge is 2.27. The Morgan fingerprint density at radius 3 is 2.63 bits per heavy atom. The first-order chi connectivity index (χ1) is 13.0. The summed E-state index contributed by atoms with van der Waals surface area (Å²) < 4.78 is 12.6. The second kappa shape index (κ2) is 8.22. The normalized spacial score (nSPS) is 11.7. The zero-order valence-electron chi connectivity index (χ0n) is 15.1. The molecule has 0 fully saturated rings. The Bertz CT molecular complexity index is 940. The fourth-order valence-corrected chi connectivity index (χ4v) is 3.20. The molecule has 0 saturated heterocycles. The molecule has 0 radical (unpaired) electrons. The van der Waals surface area contributed by atoms with E-state index in [1.165, 1.54) is 0 Å². The topological polar surface area (TPSA) is 78.3 Å². The number of Topliss-reactive ketones (excluding diaryl/α,β-unsaturated/α-hetero) is 1. The third kappa shape index (κ3) is 4.28. The number of ether oxygens (including phenoxy) is 2. The number of aryl methyl sites for hydroxylation is 1. The van der Waals surface area contributed by atoms with Crippen LogP contribution >= 0.6 is 15.9 Å². The molecule has 0 aliphatic rings. The zero-order chi connectivity index (χ0) is 19.4. The van der Waals surface area contributed by atoms with Gasteiger partial charge in [0.05, 0.1) is 18.7 Å². The van der Waals surface area contributed by atoms with Crippen LogP contribution in [0.4, 0.5) is 5.69 Å². The molecular formula is C19H19BrN4O3. The van der Waals surface area contributed by atoms with E-state index in [1.54, 1.807) is 50.5 Å². The van der Waals surface area contributed by atoms with E-state index in [4.69, 9.17) is 9.47 Å². The van der Waals surface area contributed by atoms with Gasteiger partial charge in [0.25, 0.3) is 0 Å². The number of nitrogens with zero attached hydrogens (tertiary/aromatic N) is 3. The van der Waals surface area contributed by atoms with E-state index in [9.17, 15) is 4.79 Å². The number of anilines is 1. The van der Waals surface area contributed by atoms with Gasteiger partial charge in [-0.15, -0.1) is 0 Å². The predicted octanol–water partition coefficient (Wildman–Crippen LogP) is 3.63. The molecule has 27 heavy (non-hydrogen) atoms. The minimum absolute atomic E-state index is 0.183. The maximum atomic E-state index is 13.2. The van der Waals surface area contributed by atoms with Crippen LogP contribution in [0.3, 0.4) is 0 Å². The third-order valence-electron chi connectivity index (χ3n) is 3.96. The summed E-state index contributed by atoms with van der Waals surface area (Å²) in [4.78, 5) is 17.5. The highest BCUT2D eigenvalue weighted by Crippen LogP contribution is 2.28. The van der Waals surface area contributed by atoms with E-state index < -0.39 is 6.04 Å². The Kier molecular flexibility index (Phi) is 5.75. The Balaban J connectivity index is 1.99. The summed E-state index contributed by atoms with van der Waals surface area (Å²) in [5, 5.41) is 7.54. The maximum absolute atomic E-state index is 13.2. The number of carbonyl (C=O) groups is 1. The van der Waals surface area contributed by atoms with Gasteiger partial charge in [-0.2, -0.15) is 5.10 Å². The molecule has 2 aromatic heterocycles. The largest absolute Gasteiger partial charge is 0.497 e. The second-order valence-corrected chi connectivity index (χ2v) is 6.66. The lowest BCUT2D eigenvalue weighted by Crippen LogP contribution is -2.22. The monoisotopic (exact) mass is 430 g/mol. The van der Waals surface area contributed by atoms with E-state index in [0.717, 1.165) is 5.69 Å². The van der Waals surface area contributed by atoms with Crippen LogP contribution in [0.15, 0.2) is 53.3 Å². The van der Waals surface area contributed by atoms with Crippen LogP contribution in [0.2, 0.25) is 0 Å². The molecule has 1 unspecified atom stereocenters. The van der Waals surface area contributed by atoms with Crippen LogP contribution < -0.4 is 14.8 Å². The van der Waals surface area contributed by atoms with Crippen LogP contribution in [0.25, 0.3) is 0 Å².